The lowest BCUT2D eigenvalue weighted by Crippen LogP contribution is -2.29. The minimum absolute atomic E-state index is 0.135. The number of esters is 2. The van der Waals surface area contributed by atoms with Gasteiger partial charge in [0.25, 0.3) is 0 Å². The summed E-state index contributed by atoms with van der Waals surface area (Å²) in [5.74, 6) is -2.64. The van der Waals surface area contributed by atoms with Crippen LogP contribution in [0, 0.1) is 0 Å². The van der Waals surface area contributed by atoms with E-state index in [1.165, 1.54) is 24.3 Å². The molecule has 0 atom stereocenters. The molecular formula is C20H20O8. The Bertz CT molecular complexity index is 810. The maximum absolute atomic E-state index is 12.1. The molecule has 2 aromatic rings. The zero-order chi connectivity index (χ0) is 20.3. The number of phenolic OH excluding ortho intramolecular Hbond substituents is 4. The highest BCUT2D eigenvalue weighted by atomic mass is 16.6. The van der Waals surface area contributed by atoms with Gasteiger partial charge in [-0.05, 0) is 62.1 Å². The maximum atomic E-state index is 12.1. The molecule has 28 heavy (non-hydrogen) atoms. The fourth-order valence-corrected chi connectivity index (χ4v) is 3.01. The second kappa shape index (κ2) is 8.08. The minimum atomic E-state index is -0.602. The van der Waals surface area contributed by atoms with E-state index in [2.05, 4.69) is 0 Å². The summed E-state index contributed by atoms with van der Waals surface area (Å²) >= 11 is 0. The van der Waals surface area contributed by atoms with Crippen molar-refractivity contribution in [1.82, 2.24) is 0 Å². The summed E-state index contributed by atoms with van der Waals surface area (Å²) in [7, 11) is 0. The Morgan fingerprint density at radius 2 is 1.00 bits per heavy atom. The third-order valence-electron chi connectivity index (χ3n) is 4.59. The number of carbonyl (C=O) groups is 2. The Kier molecular flexibility index (Phi) is 5.58. The van der Waals surface area contributed by atoms with Gasteiger partial charge >= 0.3 is 11.9 Å². The molecule has 8 heteroatoms. The van der Waals surface area contributed by atoms with E-state index in [1.807, 2.05) is 0 Å². The van der Waals surface area contributed by atoms with Crippen LogP contribution in [-0.4, -0.2) is 44.6 Å². The van der Waals surface area contributed by atoms with Crippen LogP contribution in [0.2, 0.25) is 0 Å². The number of ether oxygens (including phenoxy) is 2. The minimum Gasteiger partial charge on any atom is -0.504 e. The van der Waals surface area contributed by atoms with Gasteiger partial charge in [0, 0.05) is 0 Å². The van der Waals surface area contributed by atoms with E-state index in [4.69, 9.17) is 9.47 Å². The Balaban J connectivity index is 1.50. The lowest BCUT2D eigenvalue weighted by atomic mass is 9.95. The van der Waals surface area contributed by atoms with Crippen LogP contribution >= 0.6 is 0 Å². The molecule has 0 radical (unpaired) electrons. The molecule has 0 heterocycles. The highest BCUT2D eigenvalue weighted by molar-refractivity contribution is 5.91. The largest absolute Gasteiger partial charge is 0.504 e. The summed E-state index contributed by atoms with van der Waals surface area (Å²) in [4.78, 5) is 24.3. The topological polar surface area (TPSA) is 134 Å². The highest BCUT2D eigenvalue weighted by Gasteiger charge is 2.27. The Hall–Kier alpha value is -3.42. The van der Waals surface area contributed by atoms with Gasteiger partial charge < -0.3 is 29.9 Å². The average Bonchev–Trinajstić information content (AvgIpc) is 2.67. The number of hydrogen-bond donors (Lipinski definition) is 4. The number of hydrogen-bond acceptors (Lipinski definition) is 8. The van der Waals surface area contributed by atoms with Crippen LogP contribution < -0.4 is 0 Å². The second-order valence-corrected chi connectivity index (χ2v) is 6.62. The third kappa shape index (κ3) is 4.46. The summed E-state index contributed by atoms with van der Waals surface area (Å²) in [6, 6.07) is 7.42. The summed E-state index contributed by atoms with van der Waals surface area (Å²) in [5, 5.41) is 37.5. The van der Waals surface area contributed by atoms with Crippen molar-refractivity contribution in [2.75, 3.05) is 0 Å². The van der Waals surface area contributed by atoms with Gasteiger partial charge in [-0.1, -0.05) is 0 Å². The molecule has 0 bridgehead atoms. The molecule has 1 fully saturated rings. The molecule has 148 valence electrons. The fraction of sp³-hybridized carbons (Fsp3) is 0.300. The van der Waals surface area contributed by atoms with Crippen molar-refractivity contribution in [1.29, 1.82) is 0 Å². The van der Waals surface area contributed by atoms with Crippen molar-refractivity contribution < 1.29 is 39.5 Å². The summed E-state index contributed by atoms with van der Waals surface area (Å²) in [6.45, 7) is 0. The molecule has 0 unspecified atom stereocenters. The molecule has 0 aliphatic heterocycles. The van der Waals surface area contributed by atoms with Crippen molar-refractivity contribution in [3.63, 3.8) is 0 Å². The second-order valence-electron chi connectivity index (χ2n) is 6.62. The quantitative estimate of drug-likeness (QED) is 0.464. The monoisotopic (exact) mass is 388 g/mol. The summed E-state index contributed by atoms with van der Waals surface area (Å²) in [6.07, 6.45) is 1.36. The zero-order valence-corrected chi connectivity index (χ0v) is 14.9. The predicted octanol–water partition coefficient (Wildman–Crippen LogP) is 2.83. The lowest BCUT2D eigenvalue weighted by Gasteiger charge is -2.28. The molecular weight excluding hydrogens is 368 g/mol. The van der Waals surface area contributed by atoms with Crippen LogP contribution in [0.15, 0.2) is 36.4 Å². The van der Waals surface area contributed by atoms with Gasteiger partial charge in [-0.25, -0.2) is 9.59 Å². The van der Waals surface area contributed by atoms with Crippen molar-refractivity contribution >= 4 is 11.9 Å². The van der Waals surface area contributed by atoms with E-state index < -0.39 is 23.4 Å². The van der Waals surface area contributed by atoms with Gasteiger partial charge in [-0.2, -0.15) is 0 Å². The van der Waals surface area contributed by atoms with Gasteiger partial charge in [0.15, 0.2) is 23.0 Å². The molecule has 4 N–H and O–H groups in total. The first-order valence-corrected chi connectivity index (χ1v) is 8.79. The normalized spacial score (nSPS) is 19.0. The van der Waals surface area contributed by atoms with Crippen LogP contribution in [0.25, 0.3) is 0 Å². The molecule has 1 aliphatic rings. The number of phenols is 4. The average molecular weight is 388 g/mol. The van der Waals surface area contributed by atoms with Gasteiger partial charge in [0.05, 0.1) is 11.1 Å². The molecule has 8 nitrogen and oxygen atoms in total. The van der Waals surface area contributed by atoms with Crippen LogP contribution in [-0.2, 0) is 9.47 Å². The standard InChI is InChI=1S/C20H20O8/c21-15-7-1-11(9-17(15)23)19(25)27-13-3-5-14(6-4-13)28-20(26)12-2-8-16(22)18(24)10-12/h1-2,7-10,13-14,21-24H,3-6H2. The van der Waals surface area contributed by atoms with Crippen LogP contribution in [0.4, 0.5) is 0 Å². The molecule has 0 amide bonds. The van der Waals surface area contributed by atoms with Crippen LogP contribution in [0.1, 0.15) is 46.4 Å². The predicted molar refractivity (Wildman–Crippen MR) is 96.4 cm³/mol. The Morgan fingerprint density at radius 3 is 1.32 bits per heavy atom. The summed E-state index contributed by atoms with van der Waals surface area (Å²) < 4.78 is 10.8. The van der Waals surface area contributed by atoms with Crippen molar-refractivity contribution in [3.05, 3.63) is 47.5 Å². The van der Waals surface area contributed by atoms with E-state index in [-0.39, 0.29) is 34.8 Å². The molecule has 1 aliphatic carbocycles. The number of carbonyl (C=O) groups excluding carboxylic acids is 2. The smallest absolute Gasteiger partial charge is 0.338 e. The first kappa shape index (κ1) is 19.3. The number of rotatable bonds is 4. The van der Waals surface area contributed by atoms with Gasteiger partial charge in [0.2, 0.25) is 0 Å². The maximum Gasteiger partial charge on any atom is 0.338 e. The van der Waals surface area contributed by atoms with E-state index >= 15 is 0 Å². The fourth-order valence-electron chi connectivity index (χ4n) is 3.01. The SMILES string of the molecule is O=C(OC1CCC(OC(=O)c2ccc(O)c(O)c2)CC1)c1ccc(O)c(O)c1. The Labute approximate surface area is 160 Å². The lowest BCUT2D eigenvalue weighted by molar-refractivity contribution is -0.0108. The summed E-state index contributed by atoms with van der Waals surface area (Å²) in [5.41, 5.74) is 0.270. The van der Waals surface area contributed by atoms with Gasteiger partial charge in [-0.3, -0.25) is 0 Å². The molecule has 0 aromatic heterocycles. The molecule has 3 rings (SSSR count). The van der Waals surface area contributed by atoms with Crippen molar-refractivity contribution in [3.8, 4) is 23.0 Å². The van der Waals surface area contributed by atoms with E-state index in [0.29, 0.717) is 25.7 Å². The molecule has 1 saturated carbocycles. The van der Waals surface area contributed by atoms with Gasteiger partial charge in [0.1, 0.15) is 12.2 Å². The first-order chi connectivity index (χ1) is 13.3. The zero-order valence-electron chi connectivity index (χ0n) is 14.9. The Morgan fingerprint density at radius 1 is 0.643 bits per heavy atom. The van der Waals surface area contributed by atoms with Crippen molar-refractivity contribution in [2.45, 2.75) is 37.9 Å². The van der Waals surface area contributed by atoms with Crippen LogP contribution in [0.5, 0.6) is 23.0 Å². The van der Waals surface area contributed by atoms with Crippen LogP contribution in [0.3, 0.4) is 0 Å². The van der Waals surface area contributed by atoms with Crippen molar-refractivity contribution in [2.24, 2.45) is 0 Å². The first-order valence-electron chi connectivity index (χ1n) is 8.79. The van der Waals surface area contributed by atoms with E-state index in [1.54, 1.807) is 0 Å². The highest BCUT2D eigenvalue weighted by Crippen LogP contribution is 2.29. The number of benzene rings is 2. The van der Waals surface area contributed by atoms with E-state index in [0.717, 1.165) is 12.1 Å². The molecule has 0 spiro atoms. The molecule has 0 saturated heterocycles. The van der Waals surface area contributed by atoms with Gasteiger partial charge in [-0.15, -0.1) is 0 Å². The van der Waals surface area contributed by atoms with E-state index in [9.17, 15) is 30.0 Å². The third-order valence-corrected chi connectivity index (χ3v) is 4.59. The molecule has 2 aromatic carbocycles. The number of aromatic hydroxyl groups is 4.